The summed E-state index contributed by atoms with van der Waals surface area (Å²) in [5.74, 6) is 0. The molecule has 0 amide bonds. The SMILES string of the molecule is CC(C)(O)c1ccc(-c2ccc(-c3nc4nc(OC5CO[C@H](CO)[C@@H](O)C5)[nH]c4cc3Cl)cc2)cc1.CC(C)(O)c1ccc(B2OC(C)(C)C(C)(C)O2)cc1. The van der Waals surface area contributed by atoms with Gasteiger partial charge in [0, 0.05) is 12.0 Å². The zero-order chi connectivity index (χ0) is 39.9. The van der Waals surface area contributed by atoms with Crippen LogP contribution < -0.4 is 10.2 Å². The maximum absolute atomic E-state index is 10.2. The van der Waals surface area contributed by atoms with Crippen LogP contribution in [-0.2, 0) is 25.2 Å². The van der Waals surface area contributed by atoms with E-state index in [9.17, 15) is 20.4 Å². The number of imidazole rings is 1. The molecule has 0 radical (unpaired) electrons. The Balaban J connectivity index is 0.000000228. The highest BCUT2D eigenvalue weighted by molar-refractivity contribution is 6.62. The lowest BCUT2D eigenvalue weighted by Gasteiger charge is -2.32. The molecule has 5 aromatic rings. The molecule has 0 bridgehead atoms. The first-order chi connectivity index (χ1) is 25.7. The molecule has 2 aliphatic rings. The number of fused-ring (bicyclic) bond motifs is 1. The zero-order valence-electron chi connectivity index (χ0n) is 32.6. The van der Waals surface area contributed by atoms with Gasteiger partial charge in [-0.25, -0.2) is 4.98 Å². The second-order valence-electron chi connectivity index (χ2n) is 16.3. The van der Waals surface area contributed by atoms with Gasteiger partial charge >= 0.3 is 7.12 Å². The predicted molar refractivity (Wildman–Crippen MR) is 214 cm³/mol. The van der Waals surface area contributed by atoms with E-state index in [4.69, 9.17) is 30.4 Å². The summed E-state index contributed by atoms with van der Waals surface area (Å²) >= 11 is 6.56. The number of nitrogens with one attached hydrogen (secondary N) is 1. The van der Waals surface area contributed by atoms with Gasteiger partial charge in [0.05, 0.1) is 58.0 Å². The highest BCUT2D eigenvalue weighted by Crippen LogP contribution is 2.37. The van der Waals surface area contributed by atoms with Crippen molar-refractivity contribution in [2.24, 2.45) is 0 Å². The quantitative estimate of drug-likeness (QED) is 0.114. The van der Waals surface area contributed by atoms with E-state index >= 15 is 0 Å². The first-order valence-corrected chi connectivity index (χ1v) is 18.9. The smallest absolute Gasteiger partial charge is 0.459 e. The summed E-state index contributed by atoms with van der Waals surface area (Å²) in [5.41, 5.74) is 4.98. The van der Waals surface area contributed by atoms with Crippen LogP contribution in [0.15, 0.2) is 78.9 Å². The first-order valence-electron chi connectivity index (χ1n) is 18.5. The number of aliphatic hydroxyl groups is 4. The lowest BCUT2D eigenvalue weighted by molar-refractivity contribution is -0.131. The molecule has 55 heavy (non-hydrogen) atoms. The van der Waals surface area contributed by atoms with Crippen molar-refractivity contribution in [2.45, 2.75) is 103 Å². The summed E-state index contributed by atoms with van der Waals surface area (Å²) in [4.78, 5) is 12.1. The van der Waals surface area contributed by atoms with Gasteiger partial charge in [-0.2, -0.15) is 4.98 Å². The third-order valence-corrected chi connectivity index (χ3v) is 10.8. The van der Waals surface area contributed by atoms with Crippen molar-refractivity contribution in [3.05, 3.63) is 95.0 Å². The van der Waals surface area contributed by atoms with Gasteiger partial charge in [0.1, 0.15) is 12.2 Å². The fourth-order valence-electron chi connectivity index (χ4n) is 6.32. The molecule has 4 heterocycles. The largest absolute Gasteiger partial charge is 0.494 e. The molecule has 0 aliphatic carbocycles. The maximum atomic E-state index is 10.2. The zero-order valence-corrected chi connectivity index (χ0v) is 33.4. The number of hydrogen-bond acceptors (Lipinski definition) is 10. The molecule has 11 nitrogen and oxygen atoms in total. The van der Waals surface area contributed by atoms with Crippen LogP contribution in [0.5, 0.6) is 6.01 Å². The van der Waals surface area contributed by atoms with Crippen molar-refractivity contribution in [1.29, 1.82) is 0 Å². The van der Waals surface area contributed by atoms with E-state index in [1.807, 2.05) is 100 Å². The Morgan fingerprint density at radius 2 is 1.33 bits per heavy atom. The third kappa shape index (κ3) is 9.25. The van der Waals surface area contributed by atoms with Gasteiger partial charge in [-0.1, -0.05) is 84.4 Å². The molecule has 292 valence electrons. The van der Waals surface area contributed by atoms with Crippen molar-refractivity contribution in [1.82, 2.24) is 15.0 Å². The van der Waals surface area contributed by atoms with E-state index in [1.165, 1.54) is 0 Å². The molecule has 2 aliphatic heterocycles. The first kappa shape index (κ1) is 40.8. The molecular weight excluding hydrogens is 721 g/mol. The molecule has 3 aromatic carbocycles. The average molecular weight is 772 g/mol. The fourth-order valence-corrected chi connectivity index (χ4v) is 6.58. The standard InChI is InChI=1S/C27H28ClN3O5.C15H23BO3/c1-27(2,34)18-9-7-16(8-10-18)15-3-5-17(6-4-15)24-20(28)12-21-25(30-24)31-26(29-21)36-19-11-22(33)23(13-32)35-14-19;1-13(2,17)11-7-9-12(10-8-11)16-18-14(3,4)15(5,6)19-16/h3-10,12,19,22-23,32-34H,11,13-14H2,1-2H3,(H,29,30,31);7-10,17H,1-6H3/t19?,22-,23+;/m0./s1. The number of aromatic amines is 1. The second-order valence-corrected chi connectivity index (χ2v) is 16.7. The minimum atomic E-state index is -0.880. The number of hydrogen-bond donors (Lipinski definition) is 5. The van der Waals surface area contributed by atoms with Crippen molar-refractivity contribution in [2.75, 3.05) is 13.2 Å². The number of nitrogens with zero attached hydrogens (tertiary/aromatic N) is 2. The second kappa shape index (κ2) is 15.6. The highest BCUT2D eigenvalue weighted by Gasteiger charge is 2.51. The predicted octanol–water partition coefficient (Wildman–Crippen LogP) is 6.28. The number of aromatic nitrogens is 3. The lowest BCUT2D eigenvalue weighted by Crippen LogP contribution is -2.45. The Hall–Kier alpha value is -3.85. The number of benzene rings is 3. The molecule has 2 aromatic heterocycles. The van der Waals surface area contributed by atoms with Gasteiger partial charge in [-0.05, 0) is 89.2 Å². The van der Waals surface area contributed by atoms with Gasteiger partial charge in [0.2, 0.25) is 0 Å². The number of aliphatic hydroxyl groups excluding tert-OH is 2. The molecule has 2 fully saturated rings. The average Bonchev–Trinajstić information content (AvgIpc) is 3.61. The van der Waals surface area contributed by atoms with Crippen LogP contribution in [0.2, 0.25) is 5.02 Å². The van der Waals surface area contributed by atoms with Crippen LogP contribution in [0.1, 0.15) is 72.9 Å². The Morgan fingerprint density at radius 1 is 0.818 bits per heavy atom. The number of pyridine rings is 1. The summed E-state index contributed by atoms with van der Waals surface area (Å²) < 4.78 is 23.3. The van der Waals surface area contributed by atoms with E-state index in [0.717, 1.165) is 33.3 Å². The number of halogens is 1. The number of ether oxygens (including phenoxy) is 2. The topological polar surface area (TPSA) is 159 Å². The van der Waals surface area contributed by atoms with Crippen LogP contribution in [0.25, 0.3) is 33.5 Å². The number of rotatable bonds is 8. The molecule has 1 unspecified atom stereocenters. The van der Waals surface area contributed by atoms with Gasteiger partial charge in [0.15, 0.2) is 5.65 Å². The van der Waals surface area contributed by atoms with Gasteiger partial charge < -0.3 is 44.2 Å². The lowest BCUT2D eigenvalue weighted by atomic mass is 9.78. The van der Waals surface area contributed by atoms with Gasteiger partial charge in [-0.15, -0.1) is 0 Å². The molecule has 0 saturated carbocycles. The third-order valence-electron chi connectivity index (χ3n) is 10.5. The number of H-pyrrole nitrogens is 1. The minimum Gasteiger partial charge on any atom is -0.459 e. The van der Waals surface area contributed by atoms with E-state index in [0.29, 0.717) is 28.3 Å². The Bertz CT molecular complexity index is 2060. The van der Waals surface area contributed by atoms with Crippen LogP contribution in [0.3, 0.4) is 0 Å². The molecular formula is C42H51BClN3O8. The van der Waals surface area contributed by atoms with Crippen molar-refractivity contribution < 1.29 is 39.2 Å². The summed E-state index contributed by atoms with van der Waals surface area (Å²) in [7, 11) is -0.346. The summed E-state index contributed by atoms with van der Waals surface area (Å²) in [6.07, 6.45) is -1.47. The highest BCUT2D eigenvalue weighted by atomic mass is 35.5. The van der Waals surface area contributed by atoms with E-state index < -0.39 is 29.5 Å². The van der Waals surface area contributed by atoms with Crippen LogP contribution in [0.4, 0.5) is 0 Å². The molecule has 3 atom stereocenters. The monoisotopic (exact) mass is 771 g/mol. The van der Waals surface area contributed by atoms with E-state index in [1.54, 1.807) is 33.8 Å². The summed E-state index contributed by atoms with van der Waals surface area (Å²) in [6.45, 7) is 15.2. The van der Waals surface area contributed by atoms with Crippen LogP contribution >= 0.6 is 11.6 Å². The summed E-state index contributed by atoms with van der Waals surface area (Å²) in [6, 6.07) is 25.5. The Labute approximate surface area is 327 Å². The molecule has 13 heteroatoms. The Kier molecular flexibility index (Phi) is 11.6. The fraction of sp³-hybridized carbons (Fsp3) is 0.429. The van der Waals surface area contributed by atoms with Crippen molar-refractivity contribution in [3.63, 3.8) is 0 Å². The Morgan fingerprint density at radius 3 is 1.84 bits per heavy atom. The maximum Gasteiger partial charge on any atom is 0.494 e. The minimum absolute atomic E-state index is 0.237. The normalized spacial score (nSPS) is 21.0. The van der Waals surface area contributed by atoms with Crippen LogP contribution in [-0.4, -0.2) is 85.2 Å². The van der Waals surface area contributed by atoms with Crippen LogP contribution in [0, 0.1) is 0 Å². The molecule has 0 spiro atoms. The van der Waals surface area contributed by atoms with Crippen molar-refractivity contribution in [3.8, 4) is 28.4 Å². The van der Waals surface area contributed by atoms with Crippen molar-refractivity contribution >= 4 is 35.3 Å². The van der Waals surface area contributed by atoms with Gasteiger partial charge in [0.25, 0.3) is 6.01 Å². The molecule has 7 rings (SSSR count). The summed E-state index contributed by atoms with van der Waals surface area (Å²) in [5, 5.41) is 39.9. The van der Waals surface area contributed by atoms with E-state index in [2.05, 4.69) is 15.0 Å². The molecule has 5 N–H and O–H groups in total. The molecule has 2 saturated heterocycles. The van der Waals surface area contributed by atoms with E-state index in [-0.39, 0.29) is 37.5 Å². The van der Waals surface area contributed by atoms with Gasteiger partial charge in [-0.3, -0.25) is 0 Å².